The van der Waals surface area contributed by atoms with Crippen molar-refractivity contribution in [2.45, 2.75) is 42.8 Å². The zero-order valence-corrected chi connectivity index (χ0v) is 19.0. The molecule has 2 aromatic rings. The molecule has 0 radical (unpaired) electrons. The molecule has 1 aliphatic heterocycles. The Morgan fingerprint density at radius 1 is 1.10 bits per heavy atom. The van der Waals surface area contributed by atoms with Gasteiger partial charge in [-0.25, -0.2) is 8.42 Å². The second kappa shape index (κ2) is 11.2. The highest BCUT2D eigenvalue weighted by Gasteiger charge is 2.25. The van der Waals surface area contributed by atoms with Crippen LogP contribution < -0.4 is 5.32 Å². The molecule has 1 aliphatic rings. The van der Waals surface area contributed by atoms with Gasteiger partial charge >= 0.3 is 0 Å². The normalized spacial score (nSPS) is 15.3. The van der Waals surface area contributed by atoms with E-state index in [0.717, 1.165) is 36.3 Å². The average Bonchev–Trinajstić information content (AvgIpc) is 3.26. The molecule has 0 aliphatic carbocycles. The van der Waals surface area contributed by atoms with Crippen molar-refractivity contribution in [2.75, 3.05) is 25.4 Å². The standard InChI is InChI=1S/C21H28N2O3S3/c24-21(22-12-16-27-17-19-5-4-15-28-19)11-8-18-6-9-20(10-7-18)29(25,26)23-13-2-1-3-14-23/h4-7,9-10,15H,1-3,8,11-14,16-17H2,(H,22,24). The Bertz CT molecular complexity index is 859. The van der Waals surface area contributed by atoms with Gasteiger partial charge in [0.1, 0.15) is 0 Å². The van der Waals surface area contributed by atoms with Crippen molar-refractivity contribution in [1.29, 1.82) is 0 Å². The summed E-state index contributed by atoms with van der Waals surface area (Å²) in [7, 11) is -3.39. The lowest BCUT2D eigenvalue weighted by atomic mass is 10.1. The van der Waals surface area contributed by atoms with E-state index >= 15 is 0 Å². The fourth-order valence-electron chi connectivity index (χ4n) is 3.26. The van der Waals surface area contributed by atoms with E-state index in [1.807, 2.05) is 23.9 Å². The molecular weight excluding hydrogens is 424 g/mol. The zero-order valence-electron chi connectivity index (χ0n) is 16.5. The van der Waals surface area contributed by atoms with Crippen molar-refractivity contribution in [3.8, 4) is 0 Å². The van der Waals surface area contributed by atoms with Gasteiger partial charge in [0.25, 0.3) is 0 Å². The van der Waals surface area contributed by atoms with Crippen LogP contribution in [0.5, 0.6) is 0 Å². The van der Waals surface area contributed by atoms with E-state index in [2.05, 4.69) is 22.8 Å². The number of carbonyl (C=O) groups excluding carboxylic acids is 1. The third kappa shape index (κ3) is 6.84. The maximum atomic E-state index is 12.7. The summed E-state index contributed by atoms with van der Waals surface area (Å²) in [6.45, 7) is 1.88. The van der Waals surface area contributed by atoms with E-state index in [9.17, 15) is 13.2 Å². The Balaban J connectivity index is 1.37. The Labute approximate surface area is 181 Å². The van der Waals surface area contributed by atoms with Crippen molar-refractivity contribution in [2.24, 2.45) is 0 Å². The number of benzene rings is 1. The highest BCUT2D eigenvalue weighted by molar-refractivity contribution is 7.98. The van der Waals surface area contributed by atoms with Gasteiger partial charge in [0.05, 0.1) is 4.90 Å². The summed E-state index contributed by atoms with van der Waals surface area (Å²) in [5.41, 5.74) is 0.977. The van der Waals surface area contributed by atoms with Crippen LogP contribution in [-0.2, 0) is 27.0 Å². The fourth-order valence-corrected chi connectivity index (χ4v) is 6.48. The Hall–Kier alpha value is -1.35. The molecular formula is C21H28N2O3S3. The van der Waals surface area contributed by atoms with E-state index in [1.54, 1.807) is 27.8 Å². The maximum Gasteiger partial charge on any atom is 0.243 e. The highest BCUT2D eigenvalue weighted by atomic mass is 32.2. The van der Waals surface area contributed by atoms with Crippen LogP contribution in [0.1, 0.15) is 36.1 Å². The van der Waals surface area contributed by atoms with Crippen LogP contribution in [0.15, 0.2) is 46.7 Å². The minimum Gasteiger partial charge on any atom is -0.355 e. The van der Waals surface area contributed by atoms with Crippen LogP contribution in [0.25, 0.3) is 0 Å². The first kappa shape index (κ1) is 22.3. The summed E-state index contributed by atoms with van der Waals surface area (Å²) in [5, 5.41) is 5.03. The van der Waals surface area contributed by atoms with Gasteiger partial charge in [0.2, 0.25) is 15.9 Å². The highest BCUT2D eigenvalue weighted by Crippen LogP contribution is 2.21. The second-order valence-corrected chi connectivity index (χ2v) is 11.2. The molecule has 1 saturated heterocycles. The lowest BCUT2D eigenvalue weighted by molar-refractivity contribution is -0.120. The summed E-state index contributed by atoms with van der Waals surface area (Å²) in [6, 6.07) is 11.1. The van der Waals surface area contributed by atoms with Crippen molar-refractivity contribution in [3.63, 3.8) is 0 Å². The molecule has 0 atom stereocenters. The van der Waals surface area contributed by atoms with Crippen LogP contribution in [0.3, 0.4) is 0 Å². The van der Waals surface area contributed by atoms with Crippen LogP contribution in [0, 0.1) is 0 Å². The number of sulfonamides is 1. The van der Waals surface area contributed by atoms with Gasteiger partial charge in [-0.1, -0.05) is 24.6 Å². The molecule has 5 nitrogen and oxygen atoms in total. The van der Waals surface area contributed by atoms with Crippen molar-refractivity contribution >= 4 is 39.0 Å². The lowest BCUT2D eigenvalue weighted by Gasteiger charge is -2.25. The number of carbonyl (C=O) groups is 1. The average molecular weight is 453 g/mol. The van der Waals surface area contributed by atoms with Crippen LogP contribution >= 0.6 is 23.1 Å². The van der Waals surface area contributed by atoms with Crippen LogP contribution in [0.2, 0.25) is 0 Å². The SMILES string of the molecule is O=C(CCc1ccc(S(=O)(=O)N2CCCCC2)cc1)NCCSCc1cccs1. The van der Waals surface area contributed by atoms with Crippen molar-refractivity contribution < 1.29 is 13.2 Å². The first-order chi connectivity index (χ1) is 14.1. The number of amides is 1. The predicted octanol–water partition coefficient (Wildman–Crippen LogP) is 3.90. The smallest absolute Gasteiger partial charge is 0.243 e. The van der Waals surface area contributed by atoms with Crippen molar-refractivity contribution in [3.05, 3.63) is 52.2 Å². The van der Waals surface area contributed by atoms with Gasteiger partial charge in [-0.05, 0) is 48.4 Å². The number of piperidine rings is 1. The van der Waals surface area contributed by atoms with Gasteiger partial charge in [-0.15, -0.1) is 11.3 Å². The number of thiophene rings is 1. The van der Waals surface area contributed by atoms with E-state index < -0.39 is 10.0 Å². The van der Waals surface area contributed by atoms with Crippen molar-refractivity contribution in [1.82, 2.24) is 9.62 Å². The predicted molar refractivity (Wildman–Crippen MR) is 121 cm³/mol. The number of hydrogen-bond donors (Lipinski definition) is 1. The molecule has 0 unspecified atom stereocenters. The molecule has 8 heteroatoms. The summed E-state index contributed by atoms with van der Waals surface area (Å²) < 4.78 is 26.9. The Morgan fingerprint density at radius 2 is 1.86 bits per heavy atom. The Morgan fingerprint density at radius 3 is 2.55 bits per heavy atom. The molecule has 3 rings (SSSR count). The van der Waals surface area contributed by atoms with E-state index in [-0.39, 0.29) is 5.91 Å². The van der Waals surface area contributed by atoms with E-state index in [0.29, 0.717) is 37.4 Å². The molecule has 158 valence electrons. The molecule has 0 saturated carbocycles. The fraction of sp³-hybridized carbons (Fsp3) is 0.476. The number of nitrogens with zero attached hydrogens (tertiary/aromatic N) is 1. The molecule has 1 fully saturated rings. The molecule has 0 bridgehead atoms. The third-order valence-corrected chi connectivity index (χ3v) is 8.89. The summed E-state index contributed by atoms with van der Waals surface area (Å²) in [4.78, 5) is 13.7. The topological polar surface area (TPSA) is 66.5 Å². The van der Waals surface area contributed by atoms with Gasteiger partial charge in [-0.2, -0.15) is 16.1 Å². The summed E-state index contributed by atoms with van der Waals surface area (Å²) in [6.07, 6.45) is 3.98. The summed E-state index contributed by atoms with van der Waals surface area (Å²) >= 11 is 3.57. The maximum absolute atomic E-state index is 12.7. The molecule has 1 N–H and O–H groups in total. The second-order valence-electron chi connectivity index (χ2n) is 7.09. The molecule has 0 spiro atoms. The molecule has 1 aromatic heterocycles. The zero-order chi connectivity index (χ0) is 20.5. The number of nitrogens with one attached hydrogen (secondary N) is 1. The van der Waals surface area contributed by atoms with E-state index in [1.165, 1.54) is 4.88 Å². The van der Waals surface area contributed by atoms with Gasteiger partial charge in [0, 0.05) is 42.4 Å². The van der Waals surface area contributed by atoms with Gasteiger partial charge in [-0.3, -0.25) is 4.79 Å². The minimum absolute atomic E-state index is 0.0340. The molecule has 1 amide bonds. The van der Waals surface area contributed by atoms with Gasteiger partial charge < -0.3 is 5.32 Å². The largest absolute Gasteiger partial charge is 0.355 e. The summed E-state index contributed by atoms with van der Waals surface area (Å²) in [5.74, 6) is 1.92. The number of hydrogen-bond acceptors (Lipinski definition) is 5. The first-order valence-electron chi connectivity index (χ1n) is 10.0. The van der Waals surface area contributed by atoms with Crippen LogP contribution in [-0.4, -0.2) is 44.0 Å². The quantitative estimate of drug-likeness (QED) is 0.555. The first-order valence-corrected chi connectivity index (χ1v) is 13.5. The Kier molecular flexibility index (Phi) is 8.59. The minimum atomic E-state index is -3.39. The third-order valence-electron chi connectivity index (χ3n) is 4.91. The van der Waals surface area contributed by atoms with Gasteiger partial charge in [0.15, 0.2) is 0 Å². The number of rotatable bonds is 10. The number of thioether (sulfide) groups is 1. The van der Waals surface area contributed by atoms with E-state index in [4.69, 9.17) is 0 Å². The lowest BCUT2D eigenvalue weighted by Crippen LogP contribution is -2.35. The van der Waals surface area contributed by atoms with Crippen LogP contribution in [0.4, 0.5) is 0 Å². The molecule has 29 heavy (non-hydrogen) atoms. The number of aryl methyl sites for hydroxylation is 1. The molecule has 2 heterocycles. The molecule has 1 aromatic carbocycles. The monoisotopic (exact) mass is 452 g/mol.